The number of ether oxygens (including phenoxy) is 1. The molecule has 1 N–H and O–H groups in total. The molecule has 13 heteroatoms. The summed E-state index contributed by atoms with van der Waals surface area (Å²) in [6.45, 7) is 1.96. The van der Waals surface area contributed by atoms with Crippen molar-refractivity contribution in [3.05, 3.63) is 58.6 Å². The summed E-state index contributed by atoms with van der Waals surface area (Å²) in [6.07, 6.45) is -6.22. The Labute approximate surface area is 212 Å². The number of hydrazone groups is 1. The minimum atomic E-state index is -4.89. The highest BCUT2D eigenvalue weighted by atomic mass is 35.5. The van der Waals surface area contributed by atoms with Gasteiger partial charge in [0.05, 0.1) is 22.8 Å². The summed E-state index contributed by atoms with van der Waals surface area (Å²) < 4.78 is 80.9. The van der Waals surface area contributed by atoms with Gasteiger partial charge in [0.25, 0.3) is 0 Å². The second-order valence-electron chi connectivity index (χ2n) is 8.36. The lowest BCUT2D eigenvalue weighted by molar-refractivity contribution is -0.274. The average Bonchev–Trinajstić information content (AvgIpc) is 3.09. The molecule has 1 aliphatic heterocycles. The maximum atomic E-state index is 13.2. The van der Waals surface area contributed by atoms with E-state index in [0.29, 0.717) is 17.7 Å². The standard InChI is InChI=1S/C23H22ClF6N3O2S/c1-21(9-4-10-36-2)13-33(20(34)31-15-5-3-6-16(12-15)35-23(28,29)30)32-19(21)14-7-8-17(18(24)11-14)22(25,26)27/h3,5-8,11-12H,4,9-10,13H2,1-2H3,(H,31,34). The second-order valence-corrected chi connectivity index (χ2v) is 9.75. The summed E-state index contributed by atoms with van der Waals surface area (Å²) in [5, 5.41) is 7.48. The number of carbonyl (C=O) groups is 1. The molecule has 2 aromatic carbocycles. The molecule has 196 valence electrons. The lowest BCUT2D eigenvalue weighted by Crippen LogP contribution is -2.36. The Bertz CT molecular complexity index is 1140. The highest BCUT2D eigenvalue weighted by Gasteiger charge is 2.42. The topological polar surface area (TPSA) is 53.9 Å². The first kappa shape index (κ1) is 28.0. The van der Waals surface area contributed by atoms with Gasteiger partial charge in [0.15, 0.2) is 0 Å². The Balaban J connectivity index is 1.88. The molecule has 0 aliphatic carbocycles. The molecular formula is C23H22ClF6N3O2S. The zero-order valence-corrected chi connectivity index (χ0v) is 20.7. The number of urea groups is 1. The summed E-state index contributed by atoms with van der Waals surface area (Å²) >= 11 is 7.55. The van der Waals surface area contributed by atoms with Gasteiger partial charge in [-0.15, -0.1) is 13.2 Å². The van der Waals surface area contributed by atoms with Crippen LogP contribution in [0.25, 0.3) is 0 Å². The third-order valence-electron chi connectivity index (χ3n) is 5.47. The number of hydrogen-bond acceptors (Lipinski definition) is 4. The number of nitrogens with one attached hydrogen (secondary N) is 1. The lowest BCUT2D eigenvalue weighted by Gasteiger charge is -2.26. The first-order valence-electron chi connectivity index (χ1n) is 10.6. The van der Waals surface area contributed by atoms with Crippen molar-refractivity contribution >= 4 is 40.8 Å². The molecule has 5 nitrogen and oxygen atoms in total. The zero-order chi connectivity index (χ0) is 26.7. The molecule has 0 saturated carbocycles. The number of benzene rings is 2. The van der Waals surface area contributed by atoms with E-state index in [1.54, 1.807) is 11.8 Å². The van der Waals surface area contributed by atoms with Gasteiger partial charge in [-0.25, -0.2) is 9.80 Å². The molecule has 0 spiro atoms. The van der Waals surface area contributed by atoms with Crippen LogP contribution in [0.1, 0.15) is 30.9 Å². The molecule has 0 saturated heterocycles. The number of thioether (sulfide) groups is 1. The quantitative estimate of drug-likeness (QED) is 0.283. The van der Waals surface area contributed by atoms with E-state index in [1.807, 2.05) is 13.2 Å². The molecule has 0 radical (unpaired) electrons. The second kappa shape index (κ2) is 10.8. The van der Waals surface area contributed by atoms with Gasteiger partial charge in [-0.1, -0.05) is 30.7 Å². The number of amides is 2. The lowest BCUT2D eigenvalue weighted by atomic mass is 9.78. The fourth-order valence-corrected chi connectivity index (χ4v) is 4.58. The van der Waals surface area contributed by atoms with Gasteiger partial charge in [0, 0.05) is 17.2 Å². The Morgan fingerprint density at radius 1 is 1.19 bits per heavy atom. The van der Waals surface area contributed by atoms with Crippen LogP contribution in [-0.4, -0.2) is 41.7 Å². The van der Waals surface area contributed by atoms with Crippen molar-refractivity contribution in [1.29, 1.82) is 0 Å². The Kier molecular flexibility index (Phi) is 8.39. The van der Waals surface area contributed by atoms with E-state index in [-0.39, 0.29) is 12.2 Å². The van der Waals surface area contributed by atoms with E-state index in [9.17, 15) is 31.1 Å². The molecule has 1 unspecified atom stereocenters. The van der Waals surface area contributed by atoms with Crippen LogP contribution in [0.3, 0.4) is 0 Å². The number of alkyl halides is 6. The van der Waals surface area contributed by atoms with Gasteiger partial charge in [-0.05, 0) is 54.7 Å². The number of anilines is 1. The van der Waals surface area contributed by atoms with E-state index in [2.05, 4.69) is 15.2 Å². The van der Waals surface area contributed by atoms with Gasteiger partial charge in [0.2, 0.25) is 0 Å². The number of hydrogen-bond donors (Lipinski definition) is 1. The SMILES string of the molecule is CSCCCC1(C)CN(C(=O)Nc2cccc(OC(F)(F)F)c2)N=C1c1ccc(C(F)(F)F)c(Cl)c1. The molecular weight excluding hydrogens is 532 g/mol. The van der Waals surface area contributed by atoms with Crippen LogP contribution in [0.15, 0.2) is 47.6 Å². The first-order valence-corrected chi connectivity index (χ1v) is 12.4. The van der Waals surface area contributed by atoms with Crippen LogP contribution in [0.4, 0.5) is 36.8 Å². The van der Waals surface area contributed by atoms with Gasteiger partial charge in [-0.3, -0.25) is 0 Å². The predicted molar refractivity (Wildman–Crippen MR) is 128 cm³/mol. The summed E-state index contributed by atoms with van der Waals surface area (Å²) in [5.41, 5.74) is -0.894. The Hall–Kier alpha value is -2.60. The number of halogens is 7. The maximum absolute atomic E-state index is 13.2. The van der Waals surface area contributed by atoms with Gasteiger partial charge < -0.3 is 10.1 Å². The number of nitrogens with zero attached hydrogens (tertiary/aromatic N) is 2. The summed E-state index contributed by atoms with van der Waals surface area (Å²) in [5.74, 6) is 0.321. The third-order valence-corrected chi connectivity index (χ3v) is 6.48. The maximum Gasteiger partial charge on any atom is 0.573 e. The third kappa shape index (κ3) is 7.00. The predicted octanol–water partition coefficient (Wildman–Crippen LogP) is 7.66. The molecule has 2 aromatic rings. The highest BCUT2D eigenvalue weighted by Crippen LogP contribution is 2.39. The molecule has 0 bridgehead atoms. The van der Waals surface area contributed by atoms with E-state index < -0.39 is 40.3 Å². The molecule has 36 heavy (non-hydrogen) atoms. The van der Waals surface area contributed by atoms with Crippen molar-refractivity contribution in [2.24, 2.45) is 10.5 Å². The van der Waals surface area contributed by atoms with Crippen LogP contribution in [-0.2, 0) is 6.18 Å². The molecule has 3 rings (SSSR count). The van der Waals surface area contributed by atoms with Crippen LogP contribution in [0.2, 0.25) is 5.02 Å². The first-order chi connectivity index (χ1) is 16.7. The molecule has 1 aliphatic rings. The average molecular weight is 554 g/mol. The van der Waals surface area contributed by atoms with Crippen molar-refractivity contribution in [2.75, 3.05) is 23.9 Å². The van der Waals surface area contributed by atoms with E-state index >= 15 is 0 Å². The van der Waals surface area contributed by atoms with Crippen molar-refractivity contribution in [1.82, 2.24) is 5.01 Å². The Morgan fingerprint density at radius 3 is 2.53 bits per heavy atom. The van der Waals surface area contributed by atoms with Crippen LogP contribution in [0.5, 0.6) is 5.75 Å². The molecule has 1 heterocycles. The smallest absolute Gasteiger partial charge is 0.406 e. The van der Waals surface area contributed by atoms with Gasteiger partial charge in [-0.2, -0.15) is 30.0 Å². The van der Waals surface area contributed by atoms with Gasteiger partial charge in [0.1, 0.15) is 5.75 Å². The van der Waals surface area contributed by atoms with Crippen LogP contribution >= 0.6 is 23.4 Å². The zero-order valence-electron chi connectivity index (χ0n) is 19.1. The van der Waals surface area contributed by atoms with Gasteiger partial charge >= 0.3 is 18.6 Å². The fraction of sp³-hybridized carbons (Fsp3) is 0.391. The molecule has 1 atom stereocenters. The number of rotatable bonds is 7. The minimum absolute atomic E-state index is 0.0482. The monoisotopic (exact) mass is 553 g/mol. The van der Waals surface area contributed by atoms with Crippen molar-refractivity contribution < 1.29 is 35.9 Å². The summed E-state index contributed by atoms with van der Waals surface area (Å²) in [4.78, 5) is 12.9. The fourth-order valence-electron chi connectivity index (χ4n) is 3.86. The van der Waals surface area contributed by atoms with E-state index in [0.717, 1.165) is 35.4 Å². The van der Waals surface area contributed by atoms with Crippen LogP contribution in [0, 0.1) is 5.41 Å². The van der Waals surface area contributed by atoms with Crippen molar-refractivity contribution in [3.63, 3.8) is 0 Å². The highest BCUT2D eigenvalue weighted by molar-refractivity contribution is 7.98. The van der Waals surface area contributed by atoms with Crippen LogP contribution < -0.4 is 10.1 Å². The molecule has 2 amide bonds. The molecule has 0 fully saturated rings. The van der Waals surface area contributed by atoms with E-state index in [1.165, 1.54) is 24.3 Å². The van der Waals surface area contributed by atoms with E-state index in [4.69, 9.17) is 11.6 Å². The summed E-state index contributed by atoms with van der Waals surface area (Å²) in [7, 11) is 0. The largest absolute Gasteiger partial charge is 0.573 e. The van der Waals surface area contributed by atoms with Crippen molar-refractivity contribution in [2.45, 2.75) is 32.3 Å². The summed E-state index contributed by atoms with van der Waals surface area (Å²) in [6, 6.07) is 7.36. The number of carbonyl (C=O) groups excluding carboxylic acids is 1. The normalized spacial score (nSPS) is 18.2. The van der Waals surface area contributed by atoms with Crippen molar-refractivity contribution in [3.8, 4) is 5.75 Å². The molecule has 0 aromatic heterocycles. The Morgan fingerprint density at radius 2 is 1.92 bits per heavy atom. The minimum Gasteiger partial charge on any atom is -0.406 e.